The van der Waals surface area contributed by atoms with Crippen LogP contribution < -0.4 is 5.32 Å². The van der Waals surface area contributed by atoms with Crippen LogP contribution in [-0.4, -0.2) is 27.3 Å². The normalized spacial score (nSPS) is 39.2. The van der Waals surface area contributed by atoms with Crippen LogP contribution in [0.2, 0.25) is 0 Å². The molecular formula is C8H12N4. The molecule has 0 aromatic carbocycles. The minimum Gasteiger partial charge on any atom is -0.310 e. The SMILES string of the molecule is c1n[nH]c(C2CC3CCC2N3)n1. The second-order valence-electron chi connectivity index (χ2n) is 3.76. The lowest BCUT2D eigenvalue weighted by atomic mass is 9.89. The maximum absolute atomic E-state index is 4.21. The van der Waals surface area contributed by atoms with Crippen LogP contribution in [0.3, 0.4) is 0 Å². The first-order valence-electron chi connectivity index (χ1n) is 4.55. The second kappa shape index (κ2) is 2.29. The fourth-order valence-electron chi connectivity index (χ4n) is 2.52. The van der Waals surface area contributed by atoms with Crippen molar-refractivity contribution in [2.75, 3.05) is 0 Å². The van der Waals surface area contributed by atoms with Gasteiger partial charge in [0.15, 0.2) is 0 Å². The molecule has 64 valence electrons. The fourth-order valence-corrected chi connectivity index (χ4v) is 2.52. The van der Waals surface area contributed by atoms with Crippen molar-refractivity contribution >= 4 is 0 Å². The van der Waals surface area contributed by atoms with E-state index in [9.17, 15) is 0 Å². The van der Waals surface area contributed by atoms with Gasteiger partial charge in [-0.2, -0.15) is 5.10 Å². The maximum Gasteiger partial charge on any atom is 0.137 e. The Morgan fingerprint density at radius 1 is 1.42 bits per heavy atom. The summed E-state index contributed by atoms with van der Waals surface area (Å²) in [6.45, 7) is 0. The third-order valence-corrected chi connectivity index (χ3v) is 3.08. The predicted octanol–water partition coefficient (Wildman–Crippen LogP) is 0.413. The molecule has 2 aliphatic rings. The lowest BCUT2D eigenvalue weighted by molar-refractivity contribution is 0.488. The van der Waals surface area contributed by atoms with Gasteiger partial charge in [0, 0.05) is 18.0 Å². The number of hydrogen-bond acceptors (Lipinski definition) is 3. The summed E-state index contributed by atoms with van der Waals surface area (Å²) in [6.07, 6.45) is 5.48. The summed E-state index contributed by atoms with van der Waals surface area (Å²) in [5.41, 5.74) is 0. The van der Waals surface area contributed by atoms with E-state index in [1.807, 2.05) is 0 Å². The van der Waals surface area contributed by atoms with E-state index in [0.717, 1.165) is 11.9 Å². The molecule has 3 rings (SSSR count). The second-order valence-corrected chi connectivity index (χ2v) is 3.76. The Kier molecular flexibility index (Phi) is 1.26. The van der Waals surface area contributed by atoms with Gasteiger partial charge in [0.25, 0.3) is 0 Å². The highest BCUT2D eigenvalue weighted by molar-refractivity contribution is 5.10. The van der Waals surface area contributed by atoms with Gasteiger partial charge in [-0.25, -0.2) is 4.98 Å². The van der Waals surface area contributed by atoms with Crippen LogP contribution >= 0.6 is 0 Å². The van der Waals surface area contributed by atoms with Crippen molar-refractivity contribution in [3.63, 3.8) is 0 Å². The number of H-pyrrole nitrogens is 1. The number of fused-ring (bicyclic) bond motifs is 2. The van der Waals surface area contributed by atoms with Crippen molar-refractivity contribution in [3.8, 4) is 0 Å². The molecular weight excluding hydrogens is 152 g/mol. The zero-order valence-corrected chi connectivity index (χ0v) is 6.83. The summed E-state index contributed by atoms with van der Waals surface area (Å²) < 4.78 is 0. The van der Waals surface area contributed by atoms with Gasteiger partial charge in [-0.1, -0.05) is 0 Å². The summed E-state index contributed by atoms with van der Waals surface area (Å²) in [5, 5.41) is 10.4. The Hall–Kier alpha value is -0.900. The van der Waals surface area contributed by atoms with E-state index in [1.165, 1.54) is 19.3 Å². The summed E-state index contributed by atoms with van der Waals surface area (Å²) in [5.74, 6) is 1.65. The monoisotopic (exact) mass is 164 g/mol. The molecule has 0 spiro atoms. The van der Waals surface area contributed by atoms with Gasteiger partial charge >= 0.3 is 0 Å². The van der Waals surface area contributed by atoms with E-state index in [-0.39, 0.29) is 0 Å². The van der Waals surface area contributed by atoms with E-state index in [1.54, 1.807) is 6.33 Å². The first-order chi connectivity index (χ1) is 5.93. The summed E-state index contributed by atoms with van der Waals surface area (Å²) in [6, 6.07) is 1.40. The first kappa shape index (κ1) is 6.60. The molecule has 3 atom stereocenters. The number of nitrogens with zero attached hydrogens (tertiary/aromatic N) is 2. The minimum absolute atomic E-state index is 0.589. The highest BCUT2D eigenvalue weighted by atomic mass is 15.2. The molecule has 0 saturated carbocycles. The molecule has 2 N–H and O–H groups in total. The van der Waals surface area contributed by atoms with Crippen LogP contribution in [0.25, 0.3) is 0 Å². The van der Waals surface area contributed by atoms with Crippen LogP contribution in [0.4, 0.5) is 0 Å². The third kappa shape index (κ3) is 0.813. The van der Waals surface area contributed by atoms with E-state index in [4.69, 9.17) is 0 Å². The van der Waals surface area contributed by atoms with Crippen molar-refractivity contribution < 1.29 is 0 Å². The van der Waals surface area contributed by atoms with Crippen molar-refractivity contribution in [1.82, 2.24) is 20.5 Å². The molecule has 0 amide bonds. The largest absolute Gasteiger partial charge is 0.310 e. The molecule has 2 fully saturated rings. The molecule has 2 aliphatic heterocycles. The lowest BCUT2D eigenvalue weighted by Gasteiger charge is -2.16. The van der Waals surface area contributed by atoms with E-state index >= 15 is 0 Å². The molecule has 1 aromatic heterocycles. The van der Waals surface area contributed by atoms with Crippen LogP contribution in [0, 0.1) is 0 Å². The van der Waals surface area contributed by atoms with Crippen molar-refractivity contribution in [1.29, 1.82) is 0 Å². The Balaban J connectivity index is 1.87. The Labute approximate surface area is 70.8 Å². The Bertz CT molecular complexity index is 269. The van der Waals surface area contributed by atoms with Gasteiger partial charge in [-0.05, 0) is 19.3 Å². The maximum atomic E-state index is 4.21. The number of rotatable bonds is 1. The van der Waals surface area contributed by atoms with Crippen molar-refractivity contribution in [2.24, 2.45) is 0 Å². The molecule has 1 aromatic rings. The number of nitrogens with one attached hydrogen (secondary N) is 2. The molecule has 12 heavy (non-hydrogen) atoms. The molecule has 3 heterocycles. The van der Waals surface area contributed by atoms with Crippen LogP contribution in [0.5, 0.6) is 0 Å². The number of hydrogen-bond donors (Lipinski definition) is 2. The highest BCUT2D eigenvalue weighted by Gasteiger charge is 2.40. The Morgan fingerprint density at radius 3 is 3.00 bits per heavy atom. The summed E-state index contributed by atoms with van der Waals surface area (Å²) in [7, 11) is 0. The van der Waals surface area contributed by atoms with E-state index < -0.39 is 0 Å². The molecule has 4 nitrogen and oxygen atoms in total. The summed E-state index contributed by atoms with van der Waals surface area (Å²) in [4.78, 5) is 4.21. The van der Waals surface area contributed by atoms with Crippen LogP contribution in [0.1, 0.15) is 31.0 Å². The van der Waals surface area contributed by atoms with Gasteiger partial charge in [0.1, 0.15) is 12.2 Å². The smallest absolute Gasteiger partial charge is 0.137 e. The average molecular weight is 164 g/mol. The highest BCUT2D eigenvalue weighted by Crippen LogP contribution is 2.38. The predicted molar refractivity (Wildman–Crippen MR) is 43.7 cm³/mol. The van der Waals surface area contributed by atoms with Crippen LogP contribution in [-0.2, 0) is 0 Å². The number of aromatic amines is 1. The van der Waals surface area contributed by atoms with Gasteiger partial charge in [0.05, 0.1) is 0 Å². The fraction of sp³-hybridized carbons (Fsp3) is 0.750. The molecule has 0 radical (unpaired) electrons. The molecule has 3 unspecified atom stereocenters. The van der Waals surface area contributed by atoms with Gasteiger partial charge in [-0.3, -0.25) is 5.10 Å². The summed E-state index contributed by atoms with van der Waals surface area (Å²) >= 11 is 0. The molecule has 0 aliphatic carbocycles. The van der Waals surface area contributed by atoms with Gasteiger partial charge in [0.2, 0.25) is 0 Å². The molecule has 2 bridgehead atoms. The van der Waals surface area contributed by atoms with E-state index in [2.05, 4.69) is 20.5 Å². The van der Waals surface area contributed by atoms with E-state index in [0.29, 0.717) is 12.0 Å². The van der Waals surface area contributed by atoms with Gasteiger partial charge < -0.3 is 5.32 Å². The standard InChI is InChI=1S/C8H12N4/c1-2-7-6(3-5(1)11-7)8-9-4-10-12-8/h4-7,11H,1-3H2,(H,9,10,12). The number of aromatic nitrogens is 3. The lowest BCUT2D eigenvalue weighted by Crippen LogP contribution is -2.22. The Morgan fingerprint density at radius 2 is 2.42 bits per heavy atom. The minimum atomic E-state index is 0.589. The van der Waals surface area contributed by atoms with Crippen LogP contribution in [0.15, 0.2) is 6.33 Å². The van der Waals surface area contributed by atoms with Crippen molar-refractivity contribution in [3.05, 3.63) is 12.2 Å². The average Bonchev–Trinajstić information content (AvgIpc) is 2.81. The van der Waals surface area contributed by atoms with Crippen molar-refractivity contribution in [2.45, 2.75) is 37.3 Å². The zero-order valence-electron chi connectivity index (χ0n) is 6.83. The molecule has 4 heteroatoms. The molecule has 2 saturated heterocycles. The van der Waals surface area contributed by atoms with Gasteiger partial charge in [-0.15, -0.1) is 0 Å². The first-order valence-corrected chi connectivity index (χ1v) is 4.55. The zero-order chi connectivity index (χ0) is 7.97. The third-order valence-electron chi connectivity index (χ3n) is 3.08. The quantitative estimate of drug-likeness (QED) is 0.632. The topological polar surface area (TPSA) is 53.6 Å².